The molecule has 42 heteroatoms. The van der Waals surface area contributed by atoms with Gasteiger partial charge in [0.15, 0.2) is 23.3 Å². The van der Waals surface area contributed by atoms with Gasteiger partial charge in [0.2, 0.25) is 47.1 Å². The SMILES string of the molecule is CCCC1O[C@@H]2C[C@H]3[C@@H]4C[C@H](F)C5=CC(=O)C=C[C@]5(C)[C@@]4(F)[C@@H](O)C[C@]3(C)[C@]2(C(=O)COc2ccc(NC(=O)OCc3ccc(NC(=O)[C@H](CCCNC(N)=O)NC(=O)[C@@H](NC(=O)[C@@H](CCCCNC(=O)COC4CCCCCc5c4nnn5CCOCCOCCOCCOCCC(=O)NCC[N+](C)(C)C)NC(=O)CCOCCOCCOCCOCCNC(=O)COC4C#CCCCCC4)C(C)C)cc3)cc2)O1. The predicted octanol–water partition coefficient (Wildman–Crippen LogP) is 7.05. The Hall–Kier alpha value is -10.1. The third-order valence-corrected chi connectivity index (χ3v) is 27.4. The number of nitrogens with zero attached hydrogens (tertiary/aromatic N) is 4. The molecule has 1 aromatic heterocycles. The van der Waals surface area contributed by atoms with Crippen molar-refractivity contribution in [3.8, 4) is 17.6 Å². The number of nitrogens with one attached hydrogen (secondary N) is 9. The highest BCUT2D eigenvalue weighted by Gasteiger charge is 2.80. The first-order chi connectivity index (χ1) is 69.7. The number of unbranched alkanes of at least 4 members (excludes halogenated alkanes) is 1. The van der Waals surface area contributed by atoms with E-state index < -0.39 is 143 Å². The molecule has 0 radical (unpaired) electrons. The van der Waals surface area contributed by atoms with Crippen LogP contribution in [0.3, 0.4) is 0 Å². The van der Waals surface area contributed by atoms with Crippen molar-refractivity contribution in [3.05, 3.63) is 89.3 Å². The van der Waals surface area contributed by atoms with Gasteiger partial charge in [-0.15, -0.1) is 11.0 Å². The van der Waals surface area contributed by atoms with Crippen LogP contribution >= 0.6 is 0 Å². The van der Waals surface area contributed by atoms with Crippen molar-refractivity contribution in [2.45, 2.75) is 255 Å². The van der Waals surface area contributed by atoms with Crippen LogP contribution in [-0.4, -0.2) is 329 Å². The molecule has 0 spiro atoms. The zero-order chi connectivity index (χ0) is 104. The fourth-order valence-corrected chi connectivity index (χ4v) is 19.6. The van der Waals surface area contributed by atoms with Gasteiger partial charge in [-0.3, -0.25) is 48.5 Å². The van der Waals surface area contributed by atoms with Crippen LogP contribution < -0.4 is 58.3 Å². The topological polar surface area (TPSA) is 502 Å². The Kier molecular flexibility index (Phi) is 48.1. The summed E-state index contributed by atoms with van der Waals surface area (Å²) in [4.78, 5) is 147. The highest BCUT2D eigenvalue weighted by Crippen LogP contribution is 2.72. The number of benzene rings is 2. The third kappa shape index (κ3) is 35.8. The summed E-state index contributed by atoms with van der Waals surface area (Å²) in [5, 5.41) is 46.0. The maximum atomic E-state index is 18.1. The van der Waals surface area contributed by atoms with E-state index in [-0.39, 0.29) is 146 Å². The van der Waals surface area contributed by atoms with Crippen molar-refractivity contribution in [2.75, 3.05) is 190 Å². The fourth-order valence-electron chi connectivity index (χ4n) is 19.6. The first-order valence-corrected chi connectivity index (χ1v) is 51.4. The molecule has 40 nitrogen and oxygen atoms in total. The number of amides is 10. The number of quaternary nitrogens is 1. The van der Waals surface area contributed by atoms with Crippen molar-refractivity contribution in [2.24, 2.45) is 34.3 Å². The number of hydrogen-bond donors (Lipinski definition) is 11. The molecular formula is C103H155F2N14O26+. The van der Waals surface area contributed by atoms with Crippen LogP contribution in [0.4, 0.5) is 29.7 Å². The van der Waals surface area contributed by atoms with E-state index in [2.05, 4.69) is 91.1 Å². The van der Waals surface area contributed by atoms with Crippen LogP contribution in [-0.2, 0) is 124 Å². The summed E-state index contributed by atoms with van der Waals surface area (Å²) < 4.78 is 119. The zero-order valence-corrected chi connectivity index (χ0v) is 85.5. The quantitative estimate of drug-likeness (QED) is 0.0153. The maximum absolute atomic E-state index is 18.1. The molecule has 3 aromatic rings. The Morgan fingerprint density at radius 1 is 0.634 bits per heavy atom. The van der Waals surface area contributed by atoms with Gasteiger partial charge in [0, 0.05) is 67.0 Å². The largest absolute Gasteiger partial charge is 0.486 e. The molecule has 3 unspecified atom stereocenters. The highest BCUT2D eigenvalue weighted by molar-refractivity contribution is 6.02. The molecular weight excluding hydrogens is 1890 g/mol. The molecule has 145 heavy (non-hydrogen) atoms. The van der Waals surface area contributed by atoms with E-state index in [1.807, 2.05) is 11.6 Å². The lowest BCUT2D eigenvalue weighted by molar-refractivity contribution is -0.869. The fraction of sp³-hybridized carbons (Fsp3) is 0.699. The number of ketones is 2. The van der Waals surface area contributed by atoms with Crippen LogP contribution in [0.25, 0.3) is 0 Å². The number of nitrogens with two attached hydrogens (primary N) is 1. The molecule has 15 atom stereocenters. The van der Waals surface area contributed by atoms with Gasteiger partial charge in [0.05, 0.1) is 164 Å². The van der Waals surface area contributed by atoms with Gasteiger partial charge in [-0.2, -0.15) is 0 Å². The lowest BCUT2D eigenvalue weighted by atomic mass is 9.44. The summed E-state index contributed by atoms with van der Waals surface area (Å²) in [6.07, 6.45) is 8.01. The number of allylic oxidation sites excluding steroid dienone is 4. The molecule has 806 valence electrons. The standard InChI is InChI=1S/C103H154F2N14O26/c1-9-21-92-144-87-64-77-78-63-80(104)79-62-74(120)36-39-100(79,4)102(78,105)85(121)65-101(77,5)103(87,145-92)86(122)67-140-76-34-32-73(33-35-76)112-99(131)143-66-71-28-30-72(31-29-71)111-95(127)82(25-20-41-110-98(106)130)114-97(129)93(70(2)3)115-96(128)81(113-89(124)38-47-133-51-55-137-58-60-138-56-52-134-48-43-109-90(125)68-141-75-22-14-11-10-12-15-23-75)24-18-19-40-107-91(126)69-142-84-27-17-13-16-26-83-94(84)116-117-118(83)44-49-135-53-57-139-61-59-136-54-50-132-46-37-88(123)108-42-45-119(6,7)8/h28-36,39,62,70,75,77-78,80-82,84-85,87,92-93,121H,9-14,16-22,24-27,37-38,40-61,63-69H2,1-8H3,(H10-,106,107,108,109,110,111,112,113,114,115,123,124,125,126,127,128,129,130,131)/p+1/t75?,77-,78-,80-,81+,82-,84?,85-,87+,92?,93-,100-,101-,102-,103+/m0/s1. The van der Waals surface area contributed by atoms with Crippen molar-refractivity contribution in [3.63, 3.8) is 0 Å². The third-order valence-electron chi connectivity index (χ3n) is 27.4. The Balaban J connectivity index is 0.666. The molecule has 6 aliphatic carbocycles. The number of primary amides is 1. The van der Waals surface area contributed by atoms with E-state index >= 15 is 8.78 Å². The molecule has 2 aromatic carbocycles. The van der Waals surface area contributed by atoms with Crippen LogP contribution in [0.5, 0.6) is 5.75 Å². The summed E-state index contributed by atoms with van der Waals surface area (Å²) in [6.45, 7) is 14.7. The average molecular weight is 2040 g/mol. The maximum Gasteiger partial charge on any atom is 0.411 e. The number of fused-ring (bicyclic) bond motifs is 8. The molecule has 10 rings (SSSR count). The zero-order valence-electron chi connectivity index (χ0n) is 85.5. The monoisotopic (exact) mass is 2040 g/mol. The number of Topliss-reactive ketones (excluding diaryl/α,β-unsaturated/α-hetero) is 1. The van der Waals surface area contributed by atoms with Crippen LogP contribution in [0.2, 0.25) is 0 Å². The lowest BCUT2D eigenvalue weighted by Gasteiger charge is -2.63. The molecule has 3 saturated carbocycles. The van der Waals surface area contributed by atoms with Crippen molar-refractivity contribution in [1.29, 1.82) is 0 Å². The molecule has 1 aliphatic heterocycles. The second kappa shape index (κ2) is 59.8. The number of aliphatic hydroxyl groups excluding tert-OH is 1. The first kappa shape index (κ1) is 117. The molecule has 7 aliphatic rings. The van der Waals surface area contributed by atoms with Gasteiger partial charge in [0.25, 0.3) is 0 Å². The number of urea groups is 1. The Labute approximate surface area is 848 Å². The number of aliphatic hydroxyl groups is 1. The number of carbonyl (C=O) groups is 11. The van der Waals surface area contributed by atoms with E-state index in [4.69, 9.17) is 72.0 Å². The van der Waals surface area contributed by atoms with Crippen molar-refractivity contribution >= 4 is 76.4 Å². The Morgan fingerprint density at radius 2 is 1.23 bits per heavy atom. The number of halogens is 2. The Bertz CT molecular complexity index is 4770. The van der Waals surface area contributed by atoms with Gasteiger partial charge in [-0.1, -0.05) is 82.7 Å². The summed E-state index contributed by atoms with van der Waals surface area (Å²) in [6, 6.07) is 7.97. The molecule has 10 amide bonds. The average Bonchev–Trinajstić information content (AvgIpc) is 1.53. The van der Waals surface area contributed by atoms with Crippen LogP contribution in [0.15, 0.2) is 72.3 Å². The number of anilines is 2. The number of likely N-dealkylation sites (N-methyl/N-ethyl adjacent to an activating group) is 1. The van der Waals surface area contributed by atoms with Crippen LogP contribution in [0.1, 0.15) is 193 Å². The summed E-state index contributed by atoms with van der Waals surface area (Å²) in [5.74, 6) is -0.0867. The minimum Gasteiger partial charge on any atom is -0.486 e. The number of alkyl halides is 2. The summed E-state index contributed by atoms with van der Waals surface area (Å²) in [7, 11) is 6.21. The Morgan fingerprint density at radius 3 is 1.90 bits per heavy atom. The first-order valence-electron chi connectivity index (χ1n) is 51.4. The predicted molar refractivity (Wildman–Crippen MR) is 528 cm³/mol. The van der Waals surface area contributed by atoms with Crippen LogP contribution in [0, 0.1) is 40.4 Å². The van der Waals surface area contributed by atoms with Gasteiger partial charge < -0.3 is 124 Å². The smallest absolute Gasteiger partial charge is 0.411 e. The number of hydrogen-bond acceptors (Lipinski definition) is 28. The lowest BCUT2D eigenvalue weighted by Crippen LogP contribution is -2.71. The van der Waals surface area contributed by atoms with E-state index in [9.17, 15) is 57.8 Å². The molecule has 2 heterocycles. The van der Waals surface area contributed by atoms with Gasteiger partial charge in [-0.05, 0) is 175 Å². The molecule has 12 N–H and O–H groups in total. The molecule has 0 bridgehead atoms. The number of aromatic nitrogens is 3. The van der Waals surface area contributed by atoms with Gasteiger partial charge >= 0.3 is 12.1 Å². The van der Waals surface area contributed by atoms with E-state index in [1.54, 1.807) is 45.0 Å². The molecule has 4 fully saturated rings. The summed E-state index contributed by atoms with van der Waals surface area (Å²) >= 11 is 0. The summed E-state index contributed by atoms with van der Waals surface area (Å²) in [5.41, 5.74) is 1.17. The van der Waals surface area contributed by atoms with Gasteiger partial charge in [-0.25, -0.2) is 23.1 Å². The minimum atomic E-state index is -2.37. The van der Waals surface area contributed by atoms with E-state index in [0.29, 0.717) is 153 Å². The number of carbonyl (C=O) groups excluding carboxylic acids is 11. The number of rotatable bonds is 65. The van der Waals surface area contributed by atoms with E-state index in [0.717, 1.165) is 80.6 Å². The van der Waals surface area contributed by atoms with E-state index in [1.165, 1.54) is 43.3 Å². The second-order valence-electron chi connectivity index (χ2n) is 39.5. The van der Waals surface area contributed by atoms with Crippen molar-refractivity contribution < 1.29 is 137 Å². The van der Waals surface area contributed by atoms with Gasteiger partial charge in [0.1, 0.15) is 74.4 Å². The molecule has 1 saturated heterocycles. The normalized spacial score (nSPS) is 23.7. The number of ether oxygens (including phenoxy) is 14. The van der Waals surface area contributed by atoms with Crippen molar-refractivity contribution in [1.82, 2.24) is 52.2 Å². The highest BCUT2D eigenvalue weighted by atomic mass is 19.1. The minimum absolute atomic E-state index is 0.00761. The second-order valence-corrected chi connectivity index (χ2v) is 39.5.